The molecule has 11 nitrogen and oxygen atoms in total. The second kappa shape index (κ2) is 8.30. The number of aliphatic carboxylic acids is 1. The zero-order valence-corrected chi connectivity index (χ0v) is 15.8. The zero-order valence-electron chi connectivity index (χ0n) is 15.8. The topological polar surface area (TPSA) is 187 Å². The first-order chi connectivity index (χ1) is 14.1. The third-order valence-corrected chi connectivity index (χ3v) is 4.98. The Labute approximate surface area is 169 Å². The van der Waals surface area contributed by atoms with Gasteiger partial charge in [-0.15, -0.1) is 0 Å². The van der Waals surface area contributed by atoms with E-state index in [9.17, 15) is 35.1 Å². The number of ether oxygens (including phenoxy) is 2. The van der Waals surface area contributed by atoms with Gasteiger partial charge in [0, 0.05) is 17.5 Å². The van der Waals surface area contributed by atoms with Gasteiger partial charge in [0.25, 0.3) is 0 Å². The fourth-order valence-electron chi connectivity index (χ4n) is 3.36. The minimum atomic E-state index is -2.54. The number of fused-ring (bicyclic) bond motifs is 1. The summed E-state index contributed by atoms with van der Waals surface area (Å²) < 4.78 is 15.9. The Morgan fingerprint density at radius 3 is 2.63 bits per heavy atom. The van der Waals surface area contributed by atoms with Gasteiger partial charge in [0.2, 0.25) is 0 Å². The lowest BCUT2D eigenvalue weighted by atomic mass is 9.90. The summed E-state index contributed by atoms with van der Waals surface area (Å²) in [7, 11) is 0. The number of hydrogen-bond donors (Lipinski definition) is 6. The van der Waals surface area contributed by atoms with E-state index in [4.69, 9.17) is 19.0 Å². The summed E-state index contributed by atoms with van der Waals surface area (Å²) in [6, 6.07) is 5.49. The molecule has 2 heterocycles. The van der Waals surface area contributed by atoms with E-state index in [1.54, 1.807) is 6.92 Å². The summed E-state index contributed by atoms with van der Waals surface area (Å²) in [6.45, 7) is 0.798. The molecule has 2 aromatic rings. The van der Waals surface area contributed by atoms with E-state index >= 15 is 0 Å². The largest absolute Gasteiger partial charge is 0.476 e. The van der Waals surface area contributed by atoms with Crippen molar-refractivity contribution in [1.82, 2.24) is 0 Å². The number of carbonyl (C=O) groups is 1. The van der Waals surface area contributed by atoms with Crippen LogP contribution in [0.25, 0.3) is 11.0 Å². The molecule has 1 aliphatic heterocycles. The van der Waals surface area contributed by atoms with Crippen LogP contribution >= 0.6 is 0 Å². The van der Waals surface area contributed by atoms with E-state index in [1.807, 2.05) is 0 Å². The standard InChI is InChI=1S/C19H22O11/c1-8-4-14(23)28-13-5-9(2-3-10(8)13)29-19(18(26)27)6-11(21)15(24)17(30-19)16(25)12(22)7-20/h2-5,11-12,15-17,20-22,24-25H,6-7H2,1H3,(H,26,27)/t11?,12-,15?,16-,17?,19?/m0/s1. The predicted molar refractivity (Wildman–Crippen MR) is 98.8 cm³/mol. The van der Waals surface area contributed by atoms with Crippen LogP contribution in [0.1, 0.15) is 12.0 Å². The molecule has 0 amide bonds. The molecule has 1 fully saturated rings. The Morgan fingerprint density at radius 2 is 2.00 bits per heavy atom. The van der Waals surface area contributed by atoms with E-state index in [2.05, 4.69) is 0 Å². The van der Waals surface area contributed by atoms with Crippen LogP contribution in [0, 0.1) is 6.92 Å². The maximum absolute atomic E-state index is 12.0. The normalized spacial score (nSPS) is 28.8. The van der Waals surface area contributed by atoms with Crippen LogP contribution in [0.15, 0.2) is 33.5 Å². The molecule has 30 heavy (non-hydrogen) atoms. The Morgan fingerprint density at radius 1 is 1.30 bits per heavy atom. The highest BCUT2D eigenvalue weighted by Gasteiger charge is 2.56. The first kappa shape index (κ1) is 22.2. The Hall–Kier alpha value is -2.54. The molecule has 0 spiro atoms. The Kier molecular flexibility index (Phi) is 6.13. The summed E-state index contributed by atoms with van der Waals surface area (Å²) >= 11 is 0. The highest BCUT2D eigenvalue weighted by atomic mass is 16.7. The maximum atomic E-state index is 12.0. The van der Waals surface area contributed by atoms with Gasteiger partial charge in [-0.2, -0.15) is 0 Å². The van der Waals surface area contributed by atoms with Crippen molar-refractivity contribution in [2.45, 2.75) is 49.7 Å². The van der Waals surface area contributed by atoms with E-state index < -0.39 is 60.9 Å². The molecule has 1 saturated heterocycles. The lowest BCUT2D eigenvalue weighted by molar-refractivity contribution is -0.303. The van der Waals surface area contributed by atoms with Gasteiger partial charge in [-0.25, -0.2) is 9.59 Å². The van der Waals surface area contributed by atoms with E-state index in [-0.39, 0.29) is 11.3 Å². The number of rotatable bonds is 6. The molecule has 6 atom stereocenters. The molecule has 0 saturated carbocycles. The van der Waals surface area contributed by atoms with E-state index in [1.165, 1.54) is 24.3 Å². The van der Waals surface area contributed by atoms with Gasteiger partial charge >= 0.3 is 17.4 Å². The minimum Gasteiger partial charge on any atom is -0.476 e. The summed E-state index contributed by atoms with van der Waals surface area (Å²) in [5.74, 6) is -4.30. The quantitative estimate of drug-likeness (QED) is 0.295. The van der Waals surface area contributed by atoms with Gasteiger partial charge in [-0.05, 0) is 24.6 Å². The van der Waals surface area contributed by atoms with Gasteiger partial charge in [0.05, 0.1) is 19.1 Å². The molecule has 164 valence electrons. The van der Waals surface area contributed by atoms with Crippen LogP contribution < -0.4 is 10.4 Å². The summed E-state index contributed by atoms with van der Waals surface area (Å²) in [5, 5.41) is 59.4. The molecule has 1 aliphatic rings. The molecule has 3 rings (SSSR count). The van der Waals surface area contributed by atoms with Gasteiger partial charge in [-0.3, -0.25) is 0 Å². The number of hydrogen-bond acceptors (Lipinski definition) is 10. The molecule has 1 aromatic heterocycles. The minimum absolute atomic E-state index is 0.0850. The second-order valence-electron chi connectivity index (χ2n) is 7.15. The molecular weight excluding hydrogens is 404 g/mol. The van der Waals surface area contributed by atoms with Crippen LogP contribution in [0.2, 0.25) is 0 Å². The van der Waals surface area contributed by atoms with Gasteiger partial charge in [-0.1, -0.05) is 0 Å². The predicted octanol–water partition coefficient (Wildman–Crippen LogP) is -1.51. The number of aliphatic hydroxyl groups is 5. The highest BCUT2D eigenvalue weighted by Crippen LogP contribution is 2.35. The fraction of sp³-hybridized carbons (Fsp3) is 0.474. The lowest BCUT2D eigenvalue weighted by Gasteiger charge is -2.44. The van der Waals surface area contributed by atoms with Gasteiger partial charge < -0.3 is 44.5 Å². The Bertz CT molecular complexity index is 986. The fourth-order valence-corrected chi connectivity index (χ4v) is 3.36. The smallest absolute Gasteiger partial charge is 0.377 e. The molecule has 0 bridgehead atoms. The summed E-state index contributed by atoms with van der Waals surface area (Å²) in [4.78, 5) is 23.6. The molecule has 11 heteroatoms. The monoisotopic (exact) mass is 426 g/mol. The lowest BCUT2D eigenvalue weighted by Crippen LogP contribution is -2.65. The van der Waals surface area contributed by atoms with Crippen molar-refractivity contribution in [3.63, 3.8) is 0 Å². The Balaban J connectivity index is 1.99. The van der Waals surface area contributed by atoms with Gasteiger partial charge in [0.15, 0.2) is 0 Å². The number of aryl methyl sites for hydroxylation is 1. The van der Waals surface area contributed by atoms with E-state index in [0.29, 0.717) is 10.9 Å². The highest BCUT2D eigenvalue weighted by molar-refractivity contribution is 5.82. The third-order valence-electron chi connectivity index (χ3n) is 4.98. The van der Waals surface area contributed by atoms with Crippen molar-refractivity contribution in [3.8, 4) is 5.75 Å². The summed E-state index contributed by atoms with van der Waals surface area (Å²) in [5.41, 5.74) is 0.148. The van der Waals surface area contributed by atoms with Crippen molar-refractivity contribution < 1.29 is 49.3 Å². The average molecular weight is 426 g/mol. The molecule has 4 unspecified atom stereocenters. The third kappa shape index (κ3) is 4.03. The molecule has 6 N–H and O–H groups in total. The zero-order chi connectivity index (χ0) is 22.2. The molecule has 0 aliphatic carbocycles. The maximum Gasteiger partial charge on any atom is 0.377 e. The number of benzene rings is 1. The van der Waals surface area contributed by atoms with Gasteiger partial charge in [0.1, 0.15) is 35.7 Å². The summed E-state index contributed by atoms with van der Waals surface area (Å²) in [6.07, 6.45) is -9.63. The second-order valence-corrected chi connectivity index (χ2v) is 7.15. The molecular formula is C19H22O11. The van der Waals surface area contributed by atoms with E-state index in [0.717, 1.165) is 0 Å². The number of carboxylic acid groups (broad SMARTS) is 1. The number of aliphatic hydroxyl groups excluding tert-OH is 5. The van der Waals surface area contributed by atoms with Crippen molar-refractivity contribution in [1.29, 1.82) is 0 Å². The SMILES string of the molecule is Cc1cc(=O)oc2cc(OC3(C(=O)O)CC(O)C(O)C([C@@H](O)[C@@H](O)CO)O3)ccc12. The molecule has 0 radical (unpaired) electrons. The van der Waals surface area contributed by atoms with Crippen LogP contribution in [0.3, 0.4) is 0 Å². The first-order valence-corrected chi connectivity index (χ1v) is 9.06. The number of carboxylic acids is 1. The average Bonchev–Trinajstić information content (AvgIpc) is 2.68. The van der Waals surface area contributed by atoms with Crippen molar-refractivity contribution in [3.05, 3.63) is 40.2 Å². The van der Waals surface area contributed by atoms with Crippen LogP contribution in [0.4, 0.5) is 0 Å². The van der Waals surface area contributed by atoms with Crippen LogP contribution in [-0.2, 0) is 9.53 Å². The molecule has 1 aromatic carbocycles. The first-order valence-electron chi connectivity index (χ1n) is 9.06. The van der Waals surface area contributed by atoms with Crippen molar-refractivity contribution in [2.24, 2.45) is 0 Å². The van der Waals surface area contributed by atoms with Crippen LogP contribution in [0.5, 0.6) is 5.75 Å². The van der Waals surface area contributed by atoms with Crippen molar-refractivity contribution >= 4 is 16.9 Å². The van der Waals surface area contributed by atoms with Crippen molar-refractivity contribution in [2.75, 3.05) is 6.61 Å². The van der Waals surface area contributed by atoms with Crippen LogP contribution in [-0.4, -0.2) is 79.5 Å².